The van der Waals surface area contributed by atoms with Crippen molar-refractivity contribution < 1.29 is 0 Å². The molecule has 0 spiro atoms. The lowest BCUT2D eigenvalue weighted by atomic mass is 9.62. The van der Waals surface area contributed by atoms with Crippen molar-refractivity contribution in [1.29, 1.82) is 0 Å². The van der Waals surface area contributed by atoms with E-state index in [1.54, 1.807) is 11.1 Å². The Morgan fingerprint density at radius 3 is 2.03 bits per heavy atom. The first-order valence-electron chi connectivity index (χ1n) is 11.0. The van der Waals surface area contributed by atoms with Gasteiger partial charge in [-0.05, 0) is 78.5 Å². The molecule has 0 amide bonds. The summed E-state index contributed by atoms with van der Waals surface area (Å²) in [5.74, 6) is 0. The van der Waals surface area contributed by atoms with Crippen LogP contribution in [0.1, 0.15) is 72.4 Å². The van der Waals surface area contributed by atoms with Gasteiger partial charge < -0.3 is 4.57 Å². The van der Waals surface area contributed by atoms with E-state index in [-0.39, 0.29) is 16.4 Å². The van der Waals surface area contributed by atoms with Gasteiger partial charge in [0.05, 0.1) is 11.0 Å². The summed E-state index contributed by atoms with van der Waals surface area (Å²) in [6.45, 7) is 16.8. The molecule has 1 aliphatic rings. The Hall–Kier alpha value is -2.28. The van der Waals surface area contributed by atoms with Crippen LogP contribution in [0.2, 0.25) is 0 Å². The van der Waals surface area contributed by atoms with Gasteiger partial charge >= 0.3 is 0 Å². The maximum absolute atomic E-state index is 2.63. The molecule has 5 rings (SSSR count). The van der Waals surface area contributed by atoms with Crippen molar-refractivity contribution in [2.24, 2.45) is 0 Å². The van der Waals surface area contributed by atoms with Crippen molar-refractivity contribution in [2.45, 2.75) is 77.7 Å². The van der Waals surface area contributed by atoms with E-state index in [1.165, 1.54) is 45.4 Å². The van der Waals surface area contributed by atoms with E-state index in [4.69, 9.17) is 0 Å². The molecule has 0 bridgehead atoms. The molecule has 1 heterocycles. The minimum Gasteiger partial charge on any atom is -0.335 e. The lowest BCUT2D eigenvalue weighted by molar-refractivity contribution is 0.331. The van der Waals surface area contributed by atoms with Gasteiger partial charge in [-0.3, -0.25) is 0 Å². The number of nitrogens with zero attached hydrogens (tertiary/aromatic N) is 1. The Morgan fingerprint density at radius 2 is 1.38 bits per heavy atom. The summed E-state index contributed by atoms with van der Waals surface area (Å²) < 4.78 is 2.63. The Labute approximate surface area is 174 Å². The summed E-state index contributed by atoms with van der Waals surface area (Å²) in [5.41, 5.74) is 6.34. The molecule has 1 nitrogen and oxygen atoms in total. The summed E-state index contributed by atoms with van der Waals surface area (Å²) in [6.07, 6.45) is 2.48. The van der Waals surface area contributed by atoms with Crippen LogP contribution < -0.4 is 0 Å². The van der Waals surface area contributed by atoms with Gasteiger partial charge in [-0.2, -0.15) is 0 Å². The van der Waals surface area contributed by atoms with E-state index in [1.807, 2.05) is 0 Å². The molecule has 29 heavy (non-hydrogen) atoms. The number of fused-ring (bicyclic) bond motifs is 6. The van der Waals surface area contributed by atoms with E-state index < -0.39 is 0 Å². The second kappa shape index (κ2) is 5.65. The molecule has 0 N–H and O–H groups in total. The van der Waals surface area contributed by atoms with Gasteiger partial charge in [0.1, 0.15) is 0 Å². The van der Waals surface area contributed by atoms with E-state index in [2.05, 4.69) is 102 Å². The highest BCUT2D eigenvalue weighted by atomic mass is 15.1. The van der Waals surface area contributed by atoms with Gasteiger partial charge in [-0.25, -0.2) is 0 Å². The maximum Gasteiger partial charge on any atom is 0.0537 e. The highest BCUT2D eigenvalue weighted by Gasteiger charge is 2.40. The molecular weight excluding hydrogens is 350 g/mol. The Balaban J connectivity index is 2.06. The quantitative estimate of drug-likeness (QED) is 0.289. The molecular formula is C28H33N. The molecule has 4 aromatic rings. The molecule has 150 valence electrons. The van der Waals surface area contributed by atoms with Gasteiger partial charge in [-0.15, -0.1) is 0 Å². The number of benzene rings is 3. The van der Waals surface area contributed by atoms with Gasteiger partial charge in [0.15, 0.2) is 0 Å². The van der Waals surface area contributed by atoms with Crippen LogP contribution in [0.15, 0.2) is 48.5 Å². The predicted octanol–water partition coefficient (Wildman–Crippen LogP) is 8.05. The lowest BCUT2D eigenvalue weighted by Crippen LogP contribution is -2.35. The first-order valence-corrected chi connectivity index (χ1v) is 11.0. The van der Waals surface area contributed by atoms with Crippen LogP contribution in [0.25, 0.3) is 32.6 Å². The van der Waals surface area contributed by atoms with Gasteiger partial charge in [0, 0.05) is 16.3 Å². The maximum atomic E-state index is 2.63. The molecule has 1 aliphatic carbocycles. The minimum absolute atomic E-state index is 0.00918. The van der Waals surface area contributed by atoms with Crippen LogP contribution in [0.5, 0.6) is 0 Å². The van der Waals surface area contributed by atoms with Crippen molar-refractivity contribution >= 4 is 32.6 Å². The fourth-order valence-electron chi connectivity index (χ4n) is 5.62. The van der Waals surface area contributed by atoms with Gasteiger partial charge in [-0.1, -0.05) is 64.1 Å². The zero-order chi connectivity index (χ0) is 20.8. The highest BCUT2D eigenvalue weighted by Crippen LogP contribution is 2.51. The normalized spacial score (nSPS) is 18.4. The molecule has 0 unspecified atom stereocenters. The second-order valence-corrected chi connectivity index (χ2v) is 11.4. The molecule has 1 heteroatoms. The third-order valence-corrected chi connectivity index (χ3v) is 7.25. The molecule has 3 aromatic carbocycles. The molecule has 1 aromatic heterocycles. The van der Waals surface area contributed by atoms with Crippen molar-refractivity contribution in [2.75, 3.05) is 0 Å². The SMILES string of the molecule is CC1(C)CCC(C)(C)c2c1ccc1c3cc4ccccc4cc3n(C(C)(C)C)c21. The Kier molecular flexibility index (Phi) is 3.65. The van der Waals surface area contributed by atoms with E-state index in [0.29, 0.717) is 0 Å². The molecule has 0 aliphatic heterocycles. The first-order chi connectivity index (χ1) is 13.5. The summed E-state index contributed by atoms with van der Waals surface area (Å²) in [4.78, 5) is 0. The minimum atomic E-state index is 0.00918. The summed E-state index contributed by atoms with van der Waals surface area (Å²) in [7, 11) is 0. The van der Waals surface area contributed by atoms with E-state index in [0.717, 1.165) is 0 Å². The number of aromatic nitrogens is 1. The van der Waals surface area contributed by atoms with Crippen molar-refractivity contribution in [3.05, 3.63) is 59.7 Å². The van der Waals surface area contributed by atoms with Gasteiger partial charge in [0.25, 0.3) is 0 Å². The highest BCUT2D eigenvalue weighted by molar-refractivity contribution is 6.14. The fourth-order valence-corrected chi connectivity index (χ4v) is 5.62. The fraction of sp³-hybridized carbons (Fsp3) is 0.429. The van der Waals surface area contributed by atoms with E-state index >= 15 is 0 Å². The van der Waals surface area contributed by atoms with Crippen LogP contribution in [-0.4, -0.2) is 4.57 Å². The number of hydrogen-bond donors (Lipinski definition) is 0. The van der Waals surface area contributed by atoms with Crippen LogP contribution >= 0.6 is 0 Å². The summed E-state index contributed by atoms with van der Waals surface area (Å²) >= 11 is 0. The standard InChI is InChI=1S/C28H33N/c1-26(2,3)29-23-17-19-11-9-8-10-18(19)16-21(23)20-12-13-22-24(25(20)29)28(6,7)15-14-27(22,4)5/h8-13,16-17H,14-15H2,1-7H3. The monoisotopic (exact) mass is 383 g/mol. The molecule has 0 saturated heterocycles. The number of hydrogen-bond acceptors (Lipinski definition) is 0. The largest absolute Gasteiger partial charge is 0.335 e. The van der Waals surface area contributed by atoms with Crippen molar-refractivity contribution in [3.8, 4) is 0 Å². The summed E-state index contributed by atoms with van der Waals surface area (Å²) in [5, 5.41) is 5.44. The topological polar surface area (TPSA) is 4.93 Å². The van der Waals surface area contributed by atoms with Crippen LogP contribution in [0, 0.1) is 0 Å². The Morgan fingerprint density at radius 1 is 0.759 bits per heavy atom. The third kappa shape index (κ3) is 2.59. The first kappa shape index (κ1) is 18.7. The predicted molar refractivity (Wildman–Crippen MR) is 127 cm³/mol. The molecule has 0 fully saturated rings. The molecule has 0 radical (unpaired) electrons. The smallest absolute Gasteiger partial charge is 0.0537 e. The molecule has 0 saturated carbocycles. The van der Waals surface area contributed by atoms with Crippen LogP contribution in [0.4, 0.5) is 0 Å². The number of rotatable bonds is 0. The van der Waals surface area contributed by atoms with Crippen LogP contribution in [0.3, 0.4) is 0 Å². The van der Waals surface area contributed by atoms with Crippen LogP contribution in [-0.2, 0) is 16.4 Å². The van der Waals surface area contributed by atoms with Gasteiger partial charge in [0.2, 0.25) is 0 Å². The third-order valence-electron chi connectivity index (χ3n) is 7.25. The zero-order valence-corrected chi connectivity index (χ0v) is 19.0. The average molecular weight is 384 g/mol. The second-order valence-electron chi connectivity index (χ2n) is 11.4. The van der Waals surface area contributed by atoms with E-state index in [9.17, 15) is 0 Å². The van der Waals surface area contributed by atoms with Crippen molar-refractivity contribution in [3.63, 3.8) is 0 Å². The Bertz CT molecular complexity index is 1270. The zero-order valence-electron chi connectivity index (χ0n) is 19.0. The summed E-state index contributed by atoms with van der Waals surface area (Å²) in [6, 6.07) is 18.4. The molecule has 0 atom stereocenters. The lowest BCUT2D eigenvalue weighted by Gasteiger charge is -2.43. The van der Waals surface area contributed by atoms with Crippen molar-refractivity contribution in [1.82, 2.24) is 4.57 Å². The average Bonchev–Trinajstić information content (AvgIpc) is 2.96.